The summed E-state index contributed by atoms with van der Waals surface area (Å²) in [6.45, 7) is 1.76. The van der Waals surface area contributed by atoms with E-state index in [-0.39, 0.29) is 5.75 Å². The molecule has 0 aliphatic heterocycles. The predicted molar refractivity (Wildman–Crippen MR) is 65.0 cm³/mol. The normalized spacial score (nSPS) is 10.9. The molecule has 0 saturated carbocycles. The van der Waals surface area contributed by atoms with Crippen LogP contribution in [0.15, 0.2) is 34.9 Å². The Labute approximate surface area is 103 Å². The fraction of sp³-hybridized carbons (Fsp3) is 0.0769. The van der Waals surface area contributed by atoms with Gasteiger partial charge in [-0.15, -0.1) is 0 Å². The molecule has 2 N–H and O–H groups in total. The smallest absolute Gasteiger partial charge is 0.328 e. The average Bonchev–Trinajstić information content (AvgIpc) is 2.74. The molecular weight excluding hydrogens is 234 g/mol. The van der Waals surface area contributed by atoms with Crippen LogP contribution in [0.25, 0.3) is 17.3 Å². The monoisotopic (exact) mass is 245 g/mol. The Kier molecular flexibility index (Phi) is 3.14. The second-order valence-electron chi connectivity index (χ2n) is 3.77. The van der Waals surface area contributed by atoms with Crippen molar-refractivity contribution in [1.29, 1.82) is 0 Å². The lowest BCUT2D eigenvalue weighted by molar-refractivity contribution is -0.131. The van der Waals surface area contributed by atoms with Crippen molar-refractivity contribution in [3.8, 4) is 17.0 Å². The Morgan fingerprint density at radius 2 is 2.17 bits per heavy atom. The number of aliphatic carboxylic acids is 1. The second-order valence-corrected chi connectivity index (χ2v) is 3.77. The van der Waals surface area contributed by atoms with Crippen LogP contribution in [0.5, 0.6) is 5.75 Å². The summed E-state index contributed by atoms with van der Waals surface area (Å²) in [6.07, 6.45) is 2.48. The Morgan fingerprint density at radius 1 is 1.39 bits per heavy atom. The van der Waals surface area contributed by atoms with E-state index < -0.39 is 5.97 Å². The predicted octanol–water partition coefficient (Wildman–Crippen LogP) is 2.45. The number of hydrogen-bond acceptors (Lipinski definition) is 4. The highest BCUT2D eigenvalue weighted by molar-refractivity contribution is 5.87. The number of aryl methyl sites for hydroxylation is 1. The summed E-state index contributed by atoms with van der Waals surface area (Å²) in [5.74, 6) is -0.315. The van der Waals surface area contributed by atoms with Gasteiger partial charge in [0.1, 0.15) is 17.2 Å². The van der Waals surface area contributed by atoms with Crippen LogP contribution in [0.4, 0.5) is 0 Å². The molecule has 1 aromatic heterocycles. The van der Waals surface area contributed by atoms with E-state index in [1.165, 1.54) is 18.2 Å². The fourth-order valence-electron chi connectivity index (χ4n) is 1.57. The number of aromatic nitrogens is 1. The molecule has 0 aliphatic rings. The zero-order valence-corrected chi connectivity index (χ0v) is 9.62. The van der Waals surface area contributed by atoms with E-state index >= 15 is 0 Å². The summed E-state index contributed by atoms with van der Waals surface area (Å²) in [4.78, 5) is 10.5. The SMILES string of the molecule is Cc1cc(-c2cc(O)ccc2/C=C/C(=O)O)no1. The van der Waals surface area contributed by atoms with Crippen LogP contribution in [0, 0.1) is 6.92 Å². The number of carboxylic acids is 1. The second kappa shape index (κ2) is 4.75. The largest absolute Gasteiger partial charge is 0.508 e. The van der Waals surface area contributed by atoms with Crippen molar-refractivity contribution in [3.05, 3.63) is 41.7 Å². The Balaban J connectivity index is 2.50. The number of carbonyl (C=O) groups is 1. The molecule has 1 aromatic carbocycles. The third-order valence-corrected chi connectivity index (χ3v) is 2.35. The first-order valence-corrected chi connectivity index (χ1v) is 5.24. The van der Waals surface area contributed by atoms with E-state index in [0.29, 0.717) is 22.6 Å². The van der Waals surface area contributed by atoms with Crippen LogP contribution in [0.1, 0.15) is 11.3 Å². The Hall–Kier alpha value is -2.56. The van der Waals surface area contributed by atoms with Crippen LogP contribution >= 0.6 is 0 Å². The molecule has 0 bridgehead atoms. The molecule has 18 heavy (non-hydrogen) atoms. The van der Waals surface area contributed by atoms with Gasteiger partial charge in [-0.3, -0.25) is 0 Å². The van der Waals surface area contributed by atoms with Gasteiger partial charge in [-0.25, -0.2) is 4.79 Å². The molecule has 0 radical (unpaired) electrons. The summed E-state index contributed by atoms with van der Waals surface area (Å²) >= 11 is 0. The molecule has 0 fully saturated rings. The summed E-state index contributed by atoms with van der Waals surface area (Å²) in [5.41, 5.74) is 1.81. The van der Waals surface area contributed by atoms with Crippen LogP contribution in [-0.2, 0) is 4.79 Å². The molecule has 0 unspecified atom stereocenters. The first-order chi connectivity index (χ1) is 8.56. The van der Waals surface area contributed by atoms with Gasteiger partial charge >= 0.3 is 5.97 Å². The molecular formula is C13H11NO4. The van der Waals surface area contributed by atoms with Crippen LogP contribution in [0.2, 0.25) is 0 Å². The number of phenols is 1. The van der Waals surface area contributed by atoms with Gasteiger partial charge in [0.05, 0.1) is 0 Å². The maximum Gasteiger partial charge on any atom is 0.328 e. The lowest BCUT2D eigenvalue weighted by Crippen LogP contribution is -1.88. The topological polar surface area (TPSA) is 83.6 Å². The lowest BCUT2D eigenvalue weighted by atomic mass is 10.0. The van der Waals surface area contributed by atoms with Crippen molar-refractivity contribution in [1.82, 2.24) is 5.16 Å². The molecule has 1 heterocycles. The van der Waals surface area contributed by atoms with E-state index in [0.717, 1.165) is 6.08 Å². The standard InChI is InChI=1S/C13H11NO4/c1-8-6-12(14-18-8)11-7-10(15)4-2-9(11)3-5-13(16)17/h2-7,15H,1H3,(H,16,17)/b5-3+. The van der Waals surface area contributed by atoms with E-state index in [1.807, 2.05) is 0 Å². The van der Waals surface area contributed by atoms with Crippen molar-refractivity contribution in [2.45, 2.75) is 6.92 Å². The van der Waals surface area contributed by atoms with E-state index in [9.17, 15) is 9.90 Å². The minimum absolute atomic E-state index is 0.0816. The number of carboxylic acid groups (broad SMARTS) is 1. The highest BCUT2D eigenvalue weighted by Gasteiger charge is 2.09. The zero-order valence-electron chi connectivity index (χ0n) is 9.62. The third kappa shape index (κ3) is 2.57. The van der Waals surface area contributed by atoms with Crippen molar-refractivity contribution < 1.29 is 19.5 Å². The molecule has 0 saturated heterocycles. The van der Waals surface area contributed by atoms with Gasteiger partial charge in [-0.05, 0) is 30.7 Å². The molecule has 5 nitrogen and oxygen atoms in total. The van der Waals surface area contributed by atoms with E-state index in [1.54, 1.807) is 19.1 Å². The number of aromatic hydroxyl groups is 1. The van der Waals surface area contributed by atoms with E-state index in [2.05, 4.69) is 5.16 Å². The highest BCUT2D eigenvalue weighted by atomic mass is 16.5. The summed E-state index contributed by atoms with van der Waals surface area (Å²) < 4.78 is 4.97. The molecule has 5 heteroatoms. The minimum atomic E-state index is -1.04. The van der Waals surface area contributed by atoms with Crippen LogP contribution in [-0.4, -0.2) is 21.3 Å². The summed E-state index contributed by atoms with van der Waals surface area (Å²) in [7, 11) is 0. The summed E-state index contributed by atoms with van der Waals surface area (Å²) in [6, 6.07) is 6.33. The summed E-state index contributed by atoms with van der Waals surface area (Å²) in [5, 5.41) is 22.0. The zero-order chi connectivity index (χ0) is 13.1. The molecule has 0 spiro atoms. The van der Waals surface area contributed by atoms with E-state index in [4.69, 9.17) is 9.63 Å². The number of nitrogens with zero attached hydrogens (tertiary/aromatic N) is 1. The van der Waals surface area contributed by atoms with Gasteiger partial charge in [0.15, 0.2) is 0 Å². The highest BCUT2D eigenvalue weighted by Crippen LogP contribution is 2.28. The van der Waals surface area contributed by atoms with Gasteiger partial charge in [0, 0.05) is 17.7 Å². The molecule has 2 aromatic rings. The number of phenolic OH excluding ortho intramolecular Hbond substituents is 1. The molecule has 0 amide bonds. The number of hydrogen-bond donors (Lipinski definition) is 2. The van der Waals surface area contributed by atoms with Crippen molar-refractivity contribution in [3.63, 3.8) is 0 Å². The molecule has 92 valence electrons. The number of benzene rings is 1. The van der Waals surface area contributed by atoms with Crippen molar-refractivity contribution in [2.24, 2.45) is 0 Å². The van der Waals surface area contributed by atoms with Crippen molar-refractivity contribution in [2.75, 3.05) is 0 Å². The van der Waals surface area contributed by atoms with Crippen LogP contribution in [0.3, 0.4) is 0 Å². The molecule has 0 aliphatic carbocycles. The Bertz CT molecular complexity index is 613. The molecule has 0 atom stereocenters. The lowest BCUT2D eigenvalue weighted by Gasteiger charge is -2.03. The Morgan fingerprint density at radius 3 is 2.78 bits per heavy atom. The maximum atomic E-state index is 10.5. The fourth-order valence-corrected chi connectivity index (χ4v) is 1.57. The quantitative estimate of drug-likeness (QED) is 0.811. The number of rotatable bonds is 3. The van der Waals surface area contributed by atoms with Gasteiger partial charge in [0.25, 0.3) is 0 Å². The minimum Gasteiger partial charge on any atom is -0.508 e. The first kappa shape index (κ1) is 11.9. The third-order valence-electron chi connectivity index (χ3n) is 2.35. The molecule has 2 rings (SSSR count). The van der Waals surface area contributed by atoms with Gasteiger partial charge < -0.3 is 14.7 Å². The van der Waals surface area contributed by atoms with Gasteiger partial charge in [-0.2, -0.15) is 0 Å². The van der Waals surface area contributed by atoms with Crippen molar-refractivity contribution >= 4 is 12.0 Å². The van der Waals surface area contributed by atoms with Crippen LogP contribution < -0.4 is 0 Å². The maximum absolute atomic E-state index is 10.5. The van der Waals surface area contributed by atoms with Gasteiger partial charge in [-0.1, -0.05) is 11.2 Å². The average molecular weight is 245 g/mol. The first-order valence-electron chi connectivity index (χ1n) is 5.24. The van der Waals surface area contributed by atoms with Gasteiger partial charge in [0.2, 0.25) is 0 Å².